The van der Waals surface area contributed by atoms with Crippen LogP contribution in [0.25, 0.3) is 0 Å². The molecule has 0 bridgehead atoms. The molecule has 0 radical (unpaired) electrons. The van der Waals surface area contributed by atoms with Gasteiger partial charge in [0.25, 0.3) is 0 Å². The van der Waals surface area contributed by atoms with E-state index >= 15 is 0 Å². The normalized spacial score (nSPS) is 1.25. The monoisotopic (exact) mass is 200 g/mol. The molecule has 0 aromatic carbocycles. The van der Waals surface area contributed by atoms with E-state index in [1.165, 1.54) is 0 Å². The molecule has 0 rings (SSSR count). The molecule has 0 heterocycles. The molecule has 0 aromatic rings. The Labute approximate surface area is 54.1 Å². The molecule has 4 heavy (non-hydrogen) atoms. The topological polar surface area (TPSA) is 0 Å². The molecule has 0 aromatic heterocycles. The van der Waals surface area contributed by atoms with Crippen LogP contribution in [0.3, 0.4) is 0 Å². The zero-order valence-electron chi connectivity index (χ0n) is 1.56. The molecule has 0 amide bonds. The van der Waals surface area contributed by atoms with Crippen molar-refractivity contribution in [3.63, 3.8) is 0 Å². The Morgan fingerprint density at radius 3 is 1.25 bits per heavy atom. The second-order valence-electron chi connectivity index (χ2n) is 0. The molecule has 0 unspecified atom stereocenters. The molecular weight excluding hydrogens is 199 g/mol. The van der Waals surface area contributed by atoms with Crippen LogP contribution in [0.4, 0.5) is 0 Å². The van der Waals surface area contributed by atoms with E-state index in [1.54, 1.807) is 0 Å². The van der Waals surface area contributed by atoms with Crippen molar-refractivity contribution in [2.45, 2.75) is 0 Å². The zero-order chi connectivity index (χ0) is 2.00. The Bertz CT molecular complexity index is 3.25. The Morgan fingerprint density at radius 2 is 1.25 bits per heavy atom. The summed E-state index contributed by atoms with van der Waals surface area (Å²) in [6.45, 7) is 0. The average molecular weight is 200 g/mol. The van der Waals surface area contributed by atoms with Crippen molar-refractivity contribution in [1.82, 2.24) is 0 Å². The maximum absolute atomic E-state index is 3.00. The molecule has 0 N–H and O–H groups in total. The second-order valence-corrected chi connectivity index (χ2v) is 0. The van der Waals surface area contributed by atoms with Crippen molar-refractivity contribution in [3.8, 4) is 0 Å². The van der Waals surface area contributed by atoms with E-state index in [1.807, 2.05) is 0 Å². The molecule has 31 valence electrons. The molecular formula is HFe3P-. The van der Waals surface area contributed by atoms with E-state index in [2.05, 4.69) is 27.3 Å². The predicted molar refractivity (Wildman–Crippen MR) is 8.31 cm³/mol. The predicted octanol–water partition coefficient (Wildman–Crippen LogP) is 0.586. The first-order chi connectivity index (χ1) is 1.00. The molecule has 0 nitrogen and oxygen atoms in total. The molecule has 0 atom stereocenters. The van der Waals surface area contributed by atoms with E-state index in [-0.39, 0.29) is 27.0 Å². The summed E-state index contributed by atoms with van der Waals surface area (Å²) in [4.78, 5) is 0. The molecule has 0 aliphatic heterocycles. The van der Waals surface area contributed by atoms with Crippen molar-refractivity contribution < 1.29 is 44.4 Å². The van der Waals surface area contributed by atoms with E-state index in [0.717, 1.165) is 0 Å². The maximum Gasteiger partial charge on any atom is -1.51 e. The largest absolute Gasteiger partial charge is 1.51 e. The van der Waals surface area contributed by atoms with Crippen LogP contribution in [0.1, 0.15) is 0 Å². The van der Waals surface area contributed by atoms with Gasteiger partial charge in [-0.15, -0.1) is 0 Å². The van der Waals surface area contributed by atoms with Crippen LogP contribution >= 0.6 is 9.90 Å². The van der Waals surface area contributed by atoms with Gasteiger partial charge < -0.3 is 9.90 Å². The average Bonchev–Trinajstić information content (AvgIpc) is 1.00. The summed E-state index contributed by atoms with van der Waals surface area (Å²) >= 11 is 6.00. The van der Waals surface area contributed by atoms with Gasteiger partial charge in [0, 0.05) is 17.1 Å². The molecule has 0 saturated carbocycles. The van der Waals surface area contributed by atoms with Crippen LogP contribution in [0.2, 0.25) is 0 Å². The van der Waals surface area contributed by atoms with Gasteiger partial charge in [-0.25, -0.2) is 0 Å². The Kier molecular flexibility index (Phi) is 83.7. The minimum Gasteiger partial charge on any atom is -1.51 e. The summed E-state index contributed by atoms with van der Waals surface area (Å²) in [6, 6.07) is 0. The van der Waals surface area contributed by atoms with Crippen LogP contribution in [0.15, 0.2) is 0 Å². The van der Waals surface area contributed by atoms with Gasteiger partial charge in [0.15, 0.2) is 0 Å². The smallest absolute Gasteiger partial charge is 1.51 e. The van der Waals surface area contributed by atoms with Gasteiger partial charge in [-0.1, -0.05) is 0 Å². The third-order valence-corrected chi connectivity index (χ3v) is 0. The van der Waals surface area contributed by atoms with Crippen molar-refractivity contribution >= 4 is 9.90 Å². The fraction of sp³-hybridized carbons (Fsp3) is 0. The maximum atomic E-state index is 3.00. The van der Waals surface area contributed by atoms with Crippen molar-refractivity contribution in [2.75, 3.05) is 0 Å². The van der Waals surface area contributed by atoms with Crippen LogP contribution in [0, 0.1) is 0 Å². The summed E-state index contributed by atoms with van der Waals surface area (Å²) in [5, 5.41) is 0. The van der Waals surface area contributed by atoms with Gasteiger partial charge >= 0.3 is 27.3 Å². The number of rotatable bonds is 0. The molecule has 0 aliphatic carbocycles. The number of hydrogen-bond acceptors (Lipinski definition) is 0. The first-order valence-electron chi connectivity index (χ1n) is 0.125. The fourth-order valence-corrected chi connectivity index (χ4v) is 0. The molecule has 0 spiro atoms. The first-order valence-corrected chi connectivity index (χ1v) is 2.12. The molecule has 0 fully saturated rings. The van der Waals surface area contributed by atoms with Gasteiger partial charge in [-0.2, -0.15) is 0 Å². The van der Waals surface area contributed by atoms with E-state index in [9.17, 15) is 0 Å². The van der Waals surface area contributed by atoms with Crippen LogP contribution in [-0.2, 0) is 44.4 Å². The summed E-state index contributed by atoms with van der Waals surface area (Å²) in [5.74, 6) is 0. The summed E-state index contributed by atoms with van der Waals surface area (Å²) in [6.07, 6.45) is 0. The second kappa shape index (κ2) is 20.1. The Hall–Kier alpha value is 1.99. The summed E-state index contributed by atoms with van der Waals surface area (Å²) in [5.41, 5.74) is 0. The Balaban J connectivity index is -0.00000000500. The van der Waals surface area contributed by atoms with Gasteiger partial charge in [-0.05, 0) is 0 Å². The van der Waals surface area contributed by atoms with Gasteiger partial charge in [0.2, 0.25) is 0 Å². The van der Waals surface area contributed by atoms with Crippen molar-refractivity contribution in [3.05, 3.63) is 0 Å². The van der Waals surface area contributed by atoms with Gasteiger partial charge in [0.05, 0.1) is 0 Å². The minimum absolute atomic E-state index is 0. The zero-order valence-corrected chi connectivity index (χ0v) is 5.87. The summed E-state index contributed by atoms with van der Waals surface area (Å²) < 4.78 is 0. The van der Waals surface area contributed by atoms with Gasteiger partial charge in [-0.3, -0.25) is 0 Å². The first kappa shape index (κ1) is 16.7. The quantitative estimate of drug-likeness (QED) is 0.396. The molecule has 4 heteroatoms. The Morgan fingerprint density at radius 1 is 1.25 bits per heavy atom. The summed E-state index contributed by atoms with van der Waals surface area (Å²) in [7, 11) is 0. The van der Waals surface area contributed by atoms with E-state index in [0.29, 0.717) is 0 Å². The fourth-order valence-electron chi connectivity index (χ4n) is 0. The van der Waals surface area contributed by atoms with Gasteiger partial charge in [0.1, 0.15) is 0 Å². The SMILES string of the molecule is [Fe].[Fe]=[Fe+].[PH-2]. The minimum atomic E-state index is 0. The molecule has 0 aliphatic rings. The van der Waals surface area contributed by atoms with Crippen LogP contribution in [-0.4, -0.2) is 0 Å². The third kappa shape index (κ3) is 9.01. The van der Waals surface area contributed by atoms with Crippen LogP contribution in [0.5, 0.6) is 0 Å². The standard InChI is InChI=1S/3Fe.HP/h;;;1H/q;;+1;-2. The van der Waals surface area contributed by atoms with Crippen molar-refractivity contribution in [1.29, 1.82) is 0 Å². The number of hydrogen-bond donors (Lipinski definition) is 0. The third-order valence-electron chi connectivity index (χ3n) is 0. The van der Waals surface area contributed by atoms with Crippen LogP contribution < -0.4 is 0 Å². The van der Waals surface area contributed by atoms with Crippen molar-refractivity contribution in [2.24, 2.45) is 0 Å². The van der Waals surface area contributed by atoms with E-state index < -0.39 is 0 Å². The van der Waals surface area contributed by atoms with E-state index in [4.69, 9.17) is 0 Å². The molecule has 0 saturated heterocycles.